The Kier molecular flexibility index (Phi) is 6.02. The largest absolute Gasteiger partial charge is 0.508 e. The second kappa shape index (κ2) is 7.03. The van der Waals surface area contributed by atoms with Crippen molar-refractivity contribution in [3.05, 3.63) is 55.9 Å². The van der Waals surface area contributed by atoms with E-state index < -0.39 is 0 Å². The molecule has 2 aromatic rings. The van der Waals surface area contributed by atoms with Crippen LogP contribution in [-0.4, -0.2) is 10.2 Å². The van der Waals surface area contributed by atoms with Gasteiger partial charge in [-0.2, -0.15) is 0 Å². The Morgan fingerprint density at radius 2 is 1.29 bits per heavy atom. The molecule has 0 saturated heterocycles. The molecule has 0 fully saturated rings. The van der Waals surface area contributed by atoms with Crippen molar-refractivity contribution in [3.63, 3.8) is 0 Å². The van der Waals surface area contributed by atoms with Gasteiger partial charge < -0.3 is 10.2 Å². The number of phenolic OH excluding ortho intramolecular Hbond substituents is 2. The molecule has 0 aromatic heterocycles. The van der Waals surface area contributed by atoms with Crippen molar-refractivity contribution in [3.8, 4) is 11.5 Å². The maximum absolute atomic E-state index is 9.13. The molecule has 90 valence electrons. The zero-order valence-corrected chi connectivity index (χ0v) is 13.3. The van der Waals surface area contributed by atoms with E-state index in [0.29, 0.717) is 10.2 Å². The molecule has 5 heteroatoms. The van der Waals surface area contributed by atoms with Crippen LogP contribution in [0.4, 0.5) is 0 Å². The number of hydrogen-bond donors (Lipinski definition) is 2. The Bertz CT molecular complexity index is 460. The van der Waals surface area contributed by atoms with E-state index in [9.17, 15) is 0 Å². The van der Waals surface area contributed by atoms with Crippen LogP contribution in [0, 0.1) is 0 Å². The maximum Gasteiger partial charge on any atom is 0.130 e. The quantitative estimate of drug-likeness (QED) is 0.579. The fraction of sp³-hybridized carbons (Fsp3) is 0. The van der Waals surface area contributed by atoms with Gasteiger partial charge in [-0.25, -0.2) is 0 Å². The average molecular weight is 425 g/mol. The van der Waals surface area contributed by atoms with Crippen LogP contribution in [0.1, 0.15) is 0 Å². The molecule has 0 unspecified atom stereocenters. The molecule has 0 atom stereocenters. The smallest absolute Gasteiger partial charge is 0.130 e. The molecular formula is C12H9Br3O2. The van der Waals surface area contributed by atoms with Gasteiger partial charge in [-0.1, -0.05) is 18.2 Å². The molecule has 0 saturated carbocycles. The van der Waals surface area contributed by atoms with E-state index in [1.165, 1.54) is 0 Å². The highest BCUT2D eigenvalue weighted by molar-refractivity contribution is 9.14. The normalized spacial score (nSPS) is 9.35. The molecule has 0 aliphatic rings. The highest BCUT2D eigenvalue weighted by Crippen LogP contribution is 2.36. The Morgan fingerprint density at radius 3 is 1.71 bits per heavy atom. The Morgan fingerprint density at radius 1 is 0.706 bits per heavy atom. The van der Waals surface area contributed by atoms with Crippen LogP contribution in [0.5, 0.6) is 11.5 Å². The number of para-hydroxylation sites is 1. The Balaban J connectivity index is 0.000000181. The van der Waals surface area contributed by atoms with Crippen LogP contribution in [0.2, 0.25) is 0 Å². The lowest BCUT2D eigenvalue weighted by Gasteiger charge is -2.00. The first-order chi connectivity index (χ1) is 8.02. The Labute approximate surface area is 125 Å². The molecule has 0 amide bonds. The third-order valence-corrected chi connectivity index (χ3v) is 5.12. The fourth-order valence-electron chi connectivity index (χ4n) is 0.944. The van der Waals surface area contributed by atoms with Crippen LogP contribution in [-0.2, 0) is 0 Å². The van der Waals surface area contributed by atoms with Gasteiger partial charge >= 0.3 is 0 Å². The highest BCUT2D eigenvalue weighted by atomic mass is 79.9. The molecule has 0 aliphatic carbocycles. The van der Waals surface area contributed by atoms with E-state index in [2.05, 4.69) is 47.8 Å². The third kappa shape index (κ3) is 4.69. The number of hydrogen-bond acceptors (Lipinski definition) is 2. The number of aromatic hydroxyl groups is 2. The minimum Gasteiger partial charge on any atom is -0.508 e. The fourth-order valence-corrected chi connectivity index (χ4v) is 2.22. The summed E-state index contributed by atoms with van der Waals surface area (Å²) in [5.74, 6) is 0.553. The molecule has 2 nitrogen and oxygen atoms in total. The lowest BCUT2D eigenvalue weighted by atomic mass is 10.3. The lowest BCUT2D eigenvalue weighted by Crippen LogP contribution is -1.72. The van der Waals surface area contributed by atoms with Gasteiger partial charge in [0, 0.05) is 8.95 Å². The van der Waals surface area contributed by atoms with E-state index in [4.69, 9.17) is 10.2 Å². The van der Waals surface area contributed by atoms with Crippen LogP contribution in [0.25, 0.3) is 0 Å². The minimum atomic E-state index is 0.232. The summed E-state index contributed by atoms with van der Waals surface area (Å²) >= 11 is 9.77. The van der Waals surface area contributed by atoms with Crippen molar-refractivity contribution in [2.24, 2.45) is 0 Å². The summed E-state index contributed by atoms with van der Waals surface area (Å²) in [5, 5.41) is 17.8. The predicted molar refractivity (Wildman–Crippen MR) is 79.3 cm³/mol. The van der Waals surface area contributed by atoms with Crippen molar-refractivity contribution < 1.29 is 10.2 Å². The second-order valence-corrected chi connectivity index (χ2v) is 5.47. The monoisotopic (exact) mass is 422 g/mol. The number of phenols is 2. The van der Waals surface area contributed by atoms with Crippen molar-refractivity contribution >= 4 is 47.8 Å². The van der Waals surface area contributed by atoms with Crippen LogP contribution in [0.3, 0.4) is 0 Å². The SMILES string of the molecule is Oc1ccc(Br)c(Br)c1Br.Oc1ccccc1. The first kappa shape index (κ1) is 14.5. The van der Waals surface area contributed by atoms with Crippen LogP contribution in [0.15, 0.2) is 55.9 Å². The van der Waals surface area contributed by atoms with E-state index >= 15 is 0 Å². The molecule has 0 aliphatic heterocycles. The topological polar surface area (TPSA) is 40.5 Å². The average Bonchev–Trinajstić information content (AvgIpc) is 2.33. The molecule has 17 heavy (non-hydrogen) atoms. The zero-order valence-electron chi connectivity index (χ0n) is 8.57. The van der Waals surface area contributed by atoms with Gasteiger partial charge in [0.25, 0.3) is 0 Å². The molecule has 0 spiro atoms. The predicted octanol–water partition coefficient (Wildman–Crippen LogP) is 5.07. The summed E-state index contributed by atoms with van der Waals surface area (Å²) in [5.41, 5.74) is 0. The van der Waals surface area contributed by atoms with E-state index in [1.54, 1.807) is 36.4 Å². The van der Waals surface area contributed by atoms with Crippen LogP contribution >= 0.6 is 47.8 Å². The number of rotatable bonds is 0. The van der Waals surface area contributed by atoms with Crippen molar-refractivity contribution in [1.82, 2.24) is 0 Å². The van der Waals surface area contributed by atoms with Gasteiger partial charge in [0.15, 0.2) is 0 Å². The van der Waals surface area contributed by atoms with Gasteiger partial charge in [-0.3, -0.25) is 0 Å². The van der Waals surface area contributed by atoms with E-state index in [1.807, 2.05) is 6.07 Å². The summed E-state index contributed by atoms with van der Waals surface area (Å²) in [6.45, 7) is 0. The van der Waals surface area contributed by atoms with Gasteiger partial charge in [0.2, 0.25) is 0 Å². The zero-order chi connectivity index (χ0) is 12.8. The molecule has 0 radical (unpaired) electrons. The second-order valence-electron chi connectivity index (χ2n) is 3.03. The number of halogens is 3. The molecule has 2 rings (SSSR count). The lowest BCUT2D eigenvalue weighted by molar-refractivity contribution is 0.471. The van der Waals surface area contributed by atoms with Gasteiger partial charge in [-0.05, 0) is 72.1 Å². The van der Waals surface area contributed by atoms with Crippen LogP contribution < -0.4 is 0 Å². The number of benzene rings is 2. The van der Waals surface area contributed by atoms with Crippen molar-refractivity contribution in [1.29, 1.82) is 0 Å². The third-order valence-electron chi connectivity index (χ3n) is 1.77. The van der Waals surface area contributed by atoms with Gasteiger partial charge in [0.05, 0.1) is 4.47 Å². The van der Waals surface area contributed by atoms with E-state index in [0.717, 1.165) is 8.95 Å². The highest BCUT2D eigenvalue weighted by Gasteiger charge is 2.04. The van der Waals surface area contributed by atoms with Crippen molar-refractivity contribution in [2.75, 3.05) is 0 Å². The molecule has 2 N–H and O–H groups in total. The first-order valence-electron chi connectivity index (χ1n) is 4.59. The summed E-state index contributed by atoms with van der Waals surface area (Å²) in [6.07, 6.45) is 0. The molecule has 0 bridgehead atoms. The van der Waals surface area contributed by atoms with Crippen molar-refractivity contribution in [2.45, 2.75) is 0 Å². The standard InChI is InChI=1S/C6H3Br3O.C6H6O/c7-3-1-2-4(10)6(9)5(3)8;7-6-4-2-1-3-5-6/h1-2,10H;1-5,7H. The van der Waals surface area contributed by atoms with Gasteiger partial charge in [-0.15, -0.1) is 0 Å². The summed E-state index contributed by atoms with van der Waals surface area (Å²) < 4.78 is 2.41. The maximum atomic E-state index is 9.13. The minimum absolute atomic E-state index is 0.232. The molecule has 2 aromatic carbocycles. The molecular weight excluding hydrogens is 416 g/mol. The Hall–Kier alpha value is -0.520. The first-order valence-corrected chi connectivity index (χ1v) is 6.96. The summed E-state index contributed by atoms with van der Waals surface area (Å²) in [7, 11) is 0. The summed E-state index contributed by atoms with van der Waals surface area (Å²) in [6, 6.07) is 12.1. The van der Waals surface area contributed by atoms with Gasteiger partial charge in [0.1, 0.15) is 11.5 Å². The van der Waals surface area contributed by atoms with E-state index in [-0.39, 0.29) is 5.75 Å². The summed E-state index contributed by atoms with van der Waals surface area (Å²) in [4.78, 5) is 0. The molecule has 0 heterocycles.